The van der Waals surface area contributed by atoms with Crippen LogP contribution in [0, 0.1) is 11.8 Å². The number of hydrogen-bond acceptors (Lipinski definition) is 2. The number of unbranched alkanes of at least 4 members (excludes halogenated alkanes) is 1. The molecule has 0 rings (SSSR count). The van der Waals surface area contributed by atoms with E-state index in [-0.39, 0.29) is 0 Å². The van der Waals surface area contributed by atoms with Gasteiger partial charge >= 0.3 is 0 Å². The molecule has 0 aliphatic carbocycles. The maximum atomic E-state index is 5.75. The average Bonchev–Trinajstić information content (AvgIpc) is 2.40. The Morgan fingerprint density at radius 3 is 2.22 bits per heavy atom. The molecule has 3 unspecified atom stereocenters. The Morgan fingerprint density at radius 2 is 1.83 bits per heavy atom. The van der Waals surface area contributed by atoms with Gasteiger partial charge in [0.05, 0.1) is 0 Å². The smallest absolute Gasteiger partial charge is 0.0337 e. The van der Waals surface area contributed by atoms with Gasteiger partial charge in [0.15, 0.2) is 0 Å². The Bertz CT molecular complexity index is 225. The van der Waals surface area contributed by atoms with E-state index in [1.54, 1.807) is 0 Å². The molecule has 0 amide bonds. The standard InChI is InChI=1S/C16H34N2/c1-7-10-11-15(9-3)16(13(4)8-2)18(6)14(5)12-17/h13,15-16H,5,7-12,17H2,1-4,6H3. The van der Waals surface area contributed by atoms with Gasteiger partial charge in [-0.1, -0.05) is 60.0 Å². The minimum absolute atomic E-state index is 0.563. The van der Waals surface area contributed by atoms with E-state index in [0.29, 0.717) is 18.5 Å². The first-order chi connectivity index (χ1) is 8.53. The maximum Gasteiger partial charge on any atom is 0.0337 e. The number of likely N-dealkylation sites (N-methyl/N-ethyl adjacent to an activating group) is 1. The average molecular weight is 254 g/mol. The normalized spacial score (nSPS) is 16.1. The van der Waals surface area contributed by atoms with Gasteiger partial charge in [-0.2, -0.15) is 0 Å². The van der Waals surface area contributed by atoms with Gasteiger partial charge in [0.25, 0.3) is 0 Å². The molecule has 0 aliphatic heterocycles. The molecule has 0 heterocycles. The molecule has 0 aromatic heterocycles. The third-order valence-corrected chi connectivity index (χ3v) is 4.34. The van der Waals surface area contributed by atoms with Crippen molar-refractivity contribution in [1.82, 2.24) is 4.90 Å². The van der Waals surface area contributed by atoms with Crippen molar-refractivity contribution in [2.45, 2.75) is 65.8 Å². The van der Waals surface area contributed by atoms with E-state index < -0.39 is 0 Å². The Labute approximate surface area is 115 Å². The number of rotatable bonds is 10. The van der Waals surface area contributed by atoms with Crippen molar-refractivity contribution in [1.29, 1.82) is 0 Å². The minimum atomic E-state index is 0.563. The molecule has 2 N–H and O–H groups in total. The van der Waals surface area contributed by atoms with E-state index in [0.717, 1.165) is 11.6 Å². The van der Waals surface area contributed by atoms with E-state index >= 15 is 0 Å². The first-order valence-corrected chi connectivity index (χ1v) is 7.63. The highest BCUT2D eigenvalue weighted by atomic mass is 15.2. The molecule has 0 aromatic carbocycles. The second kappa shape index (κ2) is 9.43. The van der Waals surface area contributed by atoms with Crippen LogP contribution >= 0.6 is 0 Å². The van der Waals surface area contributed by atoms with Gasteiger partial charge in [-0.05, 0) is 18.3 Å². The van der Waals surface area contributed by atoms with Gasteiger partial charge in [-0.3, -0.25) is 0 Å². The van der Waals surface area contributed by atoms with E-state index in [4.69, 9.17) is 5.73 Å². The molecular formula is C16H34N2. The lowest BCUT2D eigenvalue weighted by atomic mass is 9.82. The Morgan fingerprint density at radius 1 is 1.22 bits per heavy atom. The van der Waals surface area contributed by atoms with Crippen molar-refractivity contribution in [2.75, 3.05) is 13.6 Å². The molecule has 0 spiro atoms. The van der Waals surface area contributed by atoms with Crippen LogP contribution in [-0.2, 0) is 0 Å². The lowest BCUT2D eigenvalue weighted by Crippen LogP contribution is -2.43. The summed E-state index contributed by atoms with van der Waals surface area (Å²) in [6.07, 6.45) is 6.40. The minimum Gasteiger partial charge on any atom is -0.374 e. The molecule has 0 saturated carbocycles. The highest BCUT2D eigenvalue weighted by Crippen LogP contribution is 2.29. The van der Waals surface area contributed by atoms with Gasteiger partial charge in [-0.25, -0.2) is 0 Å². The Balaban J connectivity index is 4.88. The van der Waals surface area contributed by atoms with Crippen LogP contribution in [0.25, 0.3) is 0 Å². The van der Waals surface area contributed by atoms with E-state index in [2.05, 4.69) is 46.2 Å². The molecule has 2 nitrogen and oxygen atoms in total. The molecule has 0 aromatic rings. The fourth-order valence-electron chi connectivity index (χ4n) is 2.84. The third-order valence-electron chi connectivity index (χ3n) is 4.34. The first kappa shape index (κ1) is 17.5. The predicted molar refractivity (Wildman–Crippen MR) is 82.5 cm³/mol. The highest BCUT2D eigenvalue weighted by molar-refractivity contribution is 4.99. The summed E-state index contributed by atoms with van der Waals surface area (Å²) in [5, 5.41) is 0. The number of hydrogen-bond donors (Lipinski definition) is 1. The monoisotopic (exact) mass is 254 g/mol. The van der Waals surface area contributed by atoms with Gasteiger partial charge in [0, 0.05) is 25.3 Å². The van der Waals surface area contributed by atoms with E-state index in [1.807, 2.05) is 0 Å². The Kier molecular flexibility index (Phi) is 9.17. The van der Waals surface area contributed by atoms with Gasteiger partial charge in [0.2, 0.25) is 0 Å². The van der Waals surface area contributed by atoms with Gasteiger partial charge in [0.1, 0.15) is 0 Å². The van der Waals surface area contributed by atoms with Crippen LogP contribution in [-0.4, -0.2) is 24.5 Å². The first-order valence-electron chi connectivity index (χ1n) is 7.63. The summed E-state index contributed by atoms with van der Waals surface area (Å²) in [4.78, 5) is 2.35. The molecule has 0 bridgehead atoms. The lowest BCUT2D eigenvalue weighted by molar-refractivity contribution is 0.139. The second-order valence-electron chi connectivity index (χ2n) is 5.57. The van der Waals surface area contributed by atoms with Gasteiger partial charge in [-0.15, -0.1) is 0 Å². The largest absolute Gasteiger partial charge is 0.374 e. The van der Waals surface area contributed by atoms with Crippen molar-refractivity contribution < 1.29 is 0 Å². The zero-order chi connectivity index (χ0) is 14.1. The maximum absolute atomic E-state index is 5.75. The molecule has 0 saturated heterocycles. The Hall–Kier alpha value is -0.500. The quantitative estimate of drug-likeness (QED) is 0.638. The fourth-order valence-corrected chi connectivity index (χ4v) is 2.84. The molecule has 3 atom stereocenters. The summed E-state index contributed by atoms with van der Waals surface area (Å²) in [7, 11) is 2.17. The SMILES string of the molecule is C=C(CN)N(C)C(C(C)CC)C(CC)CCCC. The molecule has 0 aliphatic rings. The summed E-state index contributed by atoms with van der Waals surface area (Å²) in [6.45, 7) is 13.9. The van der Waals surface area contributed by atoms with E-state index in [9.17, 15) is 0 Å². The molecule has 2 heteroatoms. The van der Waals surface area contributed by atoms with Crippen molar-refractivity contribution in [3.8, 4) is 0 Å². The van der Waals surface area contributed by atoms with Crippen molar-refractivity contribution in [3.05, 3.63) is 12.3 Å². The van der Waals surface area contributed by atoms with Crippen LogP contribution in [0.1, 0.15) is 59.8 Å². The second-order valence-corrected chi connectivity index (χ2v) is 5.57. The van der Waals surface area contributed by atoms with Gasteiger partial charge < -0.3 is 10.6 Å². The van der Waals surface area contributed by atoms with Crippen LogP contribution in [0.3, 0.4) is 0 Å². The number of nitrogens with two attached hydrogens (primary N) is 1. The van der Waals surface area contributed by atoms with Crippen LogP contribution in [0.4, 0.5) is 0 Å². The highest BCUT2D eigenvalue weighted by Gasteiger charge is 2.28. The summed E-state index contributed by atoms with van der Waals surface area (Å²) >= 11 is 0. The summed E-state index contributed by atoms with van der Waals surface area (Å²) in [6, 6.07) is 0.586. The fraction of sp³-hybridized carbons (Fsp3) is 0.875. The topological polar surface area (TPSA) is 29.3 Å². The third kappa shape index (κ3) is 5.01. The van der Waals surface area contributed by atoms with E-state index in [1.165, 1.54) is 32.1 Å². The van der Waals surface area contributed by atoms with Crippen molar-refractivity contribution >= 4 is 0 Å². The molecule has 0 fully saturated rings. The summed E-state index contributed by atoms with van der Waals surface area (Å²) < 4.78 is 0. The molecular weight excluding hydrogens is 220 g/mol. The summed E-state index contributed by atoms with van der Waals surface area (Å²) in [5.74, 6) is 1.45. The zero-order valence-corrected chi connectivity index (χ0v) is 13.2. The summed E-state index contributed by atoms with van der Waals surface area (Å²) in [5.41, 5.74) is 6.82. The molecule has 18 heavy (non-hydrogen) atoms. The zero-order valence-electron chi connectivity index (χ0n) is 13.2. The molecule has 108 valence electrons. The van der Waals surface area contributed by atoms with Crippen LogP contribution in [0.2, 0.25) is 0 Å². The lowest BCUT2D eigenvalue weighted by Gasteiger charge is -2.40. The molecule has 0 radical (unpaired) electrons. The van der Waals surface area contributed by atoms with Crippen molar-refractivity contribution in [3.63, 3.8) is 0 Å². The van der Waals surface area contributed by atoms with Crippen LogP contribution in [0.5, 0.6) is 0 Å². The predicted octanol–water partition coefficient (Wildman–Crippen LogP) is 4.02. The van der Waals surface area contributed by atoms with Crippen LogP contribution in [0.15, 0.2) is 12.3 Å². The number of nitrogens with zero attached hydrogens (tertiary/aromatic N) is 1. The van der Waals surface area contributed by atoms with Crippen LogP contribution < -0.4 is 5.73 Å². The van der Waals surface area contributed by atoms with Crippen molar-refractivity contribution in [2.24, 2.45) is 17.6 Å².